The van der Waals surface area contributed by atoms with E-state index < -0.39 is 0 Å². The molecule has 1 rings (SSSR count). The quantitative estimate of drug-likeness (QED) is 0.517. The molecule has 0 N–H and O–H groups in total. The van der Waals surface area contributed by atoms with Crippen LogP contribution in [0.15, 0.2) is 0 Å². The van der Waals surface area contributed by atoms with Gasteiger partial charge in [0.2, 0.25) is 0 Å². The highest BCUT2D eigenvalue weighted by Crippen LogP contribution is 2.19. The summed E-state index contributed by atoms with van der Waals surface area (Å²) in [6.07, 6.45) is 4.05. The Morgan fingerprint density at radius 3 is 2.83 bits per heavy atom. The molecule has 0 aromatic carbocycles. The lowest BCUT2D eigenvalue weighted by molar-refractivity contribution is -0.142. The monoisotopic (exact) mass is 257 g/mol. The molecule has 0 aromatic heterocycles. The van der Waals surface area contributed by atoms with Crippen molar-refractivity contribution in [2.24, 2.45) is 5.92 Å². The first-order chi connectivity index (χ1) is 8.63. The average Bonchev–Trinajstić information content (AvgIpc) is 2.36. The van der Waals surface area contributed by atoms with Crippen LogP contribution in [0.3, 0.4) is 0 Å². The lowest BCUT2D eigenvalue weighted by Crippen LogP contribution is -2.42. The molecule has 0 spiro atoms. The third kappa shape index (κ3) is 5.83. The summed E-state index contributed by atoms with van der Waals surface area (Å²) in [6.45, 7) is 7.88. The molecule has 1 saturated heterocycles. The van der Waals surface area contributed by atoms with Crippen LogP contribution in [-0.4, -0.2) is 50.3 Å². The zero-order chi connectivity index (χ0) is 13.4. The Balaban J connectivity index is 2.28. The van der Waals surface area contributed by atoms with E-state index in [4.69, 9.17) is 9.47 Å². The number of methoxy groups -OCH3 is 1. The number of piperidine rings is 1. The molecule has 4 nitrogen and oxygen atoms in total. The van der Waals surface area contributed by atoms with E-state index in [0.717, 1.165) is 32.7 Å². The van der Waals surface area contributed by atoms with Crippen LogP contribution in [0.25, 0.3) is 0 Å². The SMILES string of the molecule is COC(=O)CC1CCCCN1CCOCC(C)C. The number of likely N-dealkylation sites (tertiary alicyclic amines) is 1. The molecular formula is C14H27NO3. The van der Waals surface area contributed by atoms with Crippen molar-refractivity contribution in [2.45, 2.75) is 45.6 Å². The fraction of sp³-hybridized carbons (Fsp3) is 0.929. The van der Waals surface area contributed by atoms with Crippen molar-refractivity contribution in [1.82, 2.24) is 4.90 Å². The van der Waals surface area contributed by atoms with Gasteiger partial charge in [0, 0.05) is 19.2 Å². The van der Waals surface area contributed by atoms with Crippen LogP contribution in [0, 0.1) is 5.92 Å². The molecule has 1 fully saturated rings. The van der Waals surface area contributed by atoms with Crippen LogP contribution in [0.2, 0.25) is 0 Å². The van der Waals surface area contributed by atoms with Gasteiger partial charge in [-0.05, 0) is 25.3 Å². The Labute approximate surface area is 111 Å². The maximum Gasteiger partial charge on any atom is 0.307 e. The van der Waals surface area contributed by atoms with Gasteiger partial charge < -0.3 is 9.47 Å². The molecule has 0 saturated carbocycles. The Bertz CT molecular complexity index is 243. The molecule has 106 valence electrons. The van der Waals surface area contributed by atoms with Gasteiger partial charge in [0.1, 0.15) is 0 Å². The summed E-state index contributed by atoms with van der Waals surface area (Å²) in [5, 5.41) is 0. The average molecular weight is 257 g/mol. The standard InChI is InChI=1S/C14H27NO3/c1-12(2)11-18-9-8-15-7-5-4-6-13(15)10-14(16)17-3/h12-13H,4-11H2,1-3H3. The highest BCUT2D eigenvalue weighted by molar-refractivity contribution is 5.69. The van der Waals surface area contributed by atoms with Crippen LogP contribution in [-0.2, 0) is 14.3 Å². The topological polar surface area (TPSA) is 38.8 Å². The number of carbonyl (C=O) groups is 1. The van der Waals surface area contributed by atoms with E-state index >= 15 is 0 Å². The molecule has 1 atom stereocenters. The van der Waals surface area contributed by atoms with Crippen LogP contribution in [0.1, 0.15) is 39.5 Å². The summed E-state index contributed by atoms with van der Waals surface area (Å²) in [6, 6.07) is 0.342. The van der Waals surface area contributed by atoms with Gasteiger partial charge in [-0.25, -0.2) is 0 Å². The number of esters is 1. The molecule has 1 unspecified atom stereocenters. The minimum Gasteiger partial charge on any atom is -0.469 e. The van der Waals surface area contributed by atoms with Crippen molar-refractivity contribution in [3.05, 3.63) is 0 Å². The predicted molar refractivity (Wildman–Crippen MR) is 71.5 cm³/mol. The van der Waals surface area contributed by atoms with Gasteiger partial charge in [-0.15, -0.1) is 0 Å². The van der Waals surface area contributed by atoms with Gasteiger partial charge in [-0.2, -0.15) is 0 Å². The zero-order valence-corrected chi connectivity index (χ0v) is 12.0. The number of carbonyl (C=O) groups excluding carboxylic acids is 1. The summed E-state index contributed by atoms with van der Waals surface area (Å²) in [7, 11) is 1.46. The Kier molecular flexibility index (Phi) is 7.28. The van der Waals surface area contributed by atoms with Crippen molar-refractivity contribution < 1.29 is 14.3 Å². The van der Waals surface area contributed by atoms with Crippen LogP contribution in [0.4, 0.5) is 0 Å². The summed E-state index contributed by atoms with van der Waals surface area (Å²) < 4.78 is 10.4. The minimum atomic E-state index is -0.102. The second kappa shape index (κ2) is 8.48. The molecule has 18 heavy (non-hydrogen) atoms. The second-order valence-corrected chi connectivity index (χ2v) is 5.43. The molecule has 0 aromatic rings. The van der Waals surface area contributed by atoms with E-state index in [2.05, 4.69) is 18.7 Å². The van der Waals surface area contributed by atoms with Crippen molar-refractivity contribution in [1.29, 1.82) is 0 Å². The van der Waals surface area contributed by atoms with Gasteiger partial charge >= 0.3 is 5.97 Å². The lowest BCUT2D eigenvalue weighted by Gasteiger charge is -2.35. The maximum absolute atomic E-state index is 11.4. The highest BCUT2D eigenvalue weighted by atomic mass is 16.5. The van der Waals surface area contributed by atoms with E-state index in [-0.39, 0.29) is 5.97 Å². The number of ether oxygens (including phenoxy) is 2. The molecule has 0 radical (unpaired) electrons. The summed E-state index contributed by atoms with van der Waals surface area (Å²) in [5.74, 6) is 0.479. The first-order valence-electron chi connectivity index (χ1n) is 7.02. The number of hydrogen-bond donors (Lipinski definition) is 0. The van der Waals surface area contributed by atoms with E-state index in [0.29, 0.717) is 18.4 Å². The minimum absolute atomic E-state index is 0.102. The van der Waals surface area contributed by atoms with Crippen LogP contribution >= 0.6 is 0 Å². The first-order valence-corrected chi connectivity index (χ1v) is 7.02. The van der Waals surface area contributed by atoms with E-state index in [1.54, 1.807) is 0 Å². The fourth-order valence-corrected chi connectivity index (χ4v) is 2.36. The molecular weight excluding hydrogens is 230 g/mol. The van der Waals surface area contributed by atoms with Crippen molar-refractivity contribution in [3.8, 4) is 0 Å². The normalized spacial score (nSPS) is 21.2. The number of rotatable bonds is 7. The van der Waals surface area contributed by atoms with Gasteiger partial charge in [0.05, 0.1) is 20.1 Å². The Hall–Kier alpha value is -0.610. The zero-order valence-electron chi connectivity index (χ0n) is 12.0. The molecule has 0 aliphatic carbocycles. The van der Waals surface area contributed by atoms with Gasteiger partial charge in [0.15, 0.2) is 0 Å². The van der Waals surface area contributed by atoms with Crippen LogP contribution < -0.4 is 0 Å². The Morgan fingerprint density at radius 2 is 2.17 bits per heavy atom. The third-order valence-corrected chi connectivity index (χ3v) is 3.35. The summed E-state index contributed by atoms with van der Waals surface area (Å²) >= 11 is 0. The highest BCUT2D eigenvalue weighted by Gasteiger charge is 2.24. The van der Waals surface area contributed by atoms with E-state index in [9.17, 15) is 4.79 Å². The number of nitrogens with zero attached hydrogens (tertiary/aromatic N) is 1. The smallest absolute Gasteiger partial charge is 0.307 e. The molecule has 1 heterocycles. The first kappa shape index (κ1) is 15.4. The summed E-state index contributed by atoms with van der Waals surface area (Å²) in [4.78, 5) is 13.7. The Morgan fingerprint density at radius 1 is 1.39 bits per heavy atom. The lowest BCUT2D eigenvalue weighted by atomic mass is 9.99. The van der Waals surface area contributed by atoms with Gasteiger partial charge in [-0.1, -0.05) is 20.3 Å². The van der Waals surface area contributed by atoms with E-state index in [1.807, 2.05) is 0 Å². The van der Waals surface area contributed by atoms with E-state index in [1.165, 1.54) is 20.0 Å². The molecule has 1 aliphatic heterocycles. The molecule has 1 aliphatic rings. The van der Waals surface area contributed by atoms with Crippen molar-refractivity contribution in [2.75, 3.05) is 33.4 Å². The van der Waals surface area contributed by atoms with Crippen molar-refractivity contribution in [3.63, 3.8) is 0 Å². The summed E-state index contributed by atoms with van der Waals surface area (Å²) in [5.41, 5.74) is 0. The maximum atomic E-state index is 11.4. The molecule has 0 bridgehead atoms. The van der Waals surface area contributed by atoms with Gasteiger partial charge in [0.25, 0.3) is 0 Å². The molecule has 4 heteroatoms. The van der Waals surface area contributed by atoms with Crippen LogP contribution in [0.5, 0.6) is 0 Å². The largest absolute Gasteiger partial charge is 0.469 e. The number of hydrogen-bond acceptors (Lipinski definition) is 4. The predicted octanol–water partition coefficient (Wildman–Crippen LogP) is 2.08. The fourth-order valence-electron chi connectivity index (χ4n) is 2.36. The second-order valence-electron chi connectivity index (χ2n) is 5.43. The third-order valence-electron chi connectivity index (χ3n) is 3.35. The molecule has 0 amide bonds. The van der Waals surface area contributed by atoms with Crippen molar-refractivity contribution >= 4 is 5.97 Å². The van der Waals surface area contributed by atoms with Gasteiger partial charge in [-0.3, -0.25) is 9.69 Å².